The Bertz CT molecular complexity index is 750. The van der Waals surface area contributed by atoms with Gasteiger partial charge in [0.05, 0.1) is 12.1 Å². The van der Waals surface area contributed by atoms with Gasteiger partial charge >= 0.3 is 6.03 Å². The van der Waals surface area contributed by atoms with Crippen LogP contribution < -0.4 is 0 Å². The second-order valence-corrected chi connectivity index (χ2v) is 6.48. The number of urea groups is 1. The van der Waals surface area contributed by atoms with E-state index >= 15 is 0 Å². The molecule has 1 aliphatic rings. The number of hydrogen-bond acceptors (Lipinski definition) is 4. The van der Waals surface area contributed by atoms with E-state index < -0.39 is 17.4 Å². The van der Waals surface area contributed by atoms with Gasteiger partial charge in [-0.05, 0) is 18.6 Å². The summed E-state index contributed by atoms with van der Waals surface area (Å²) in [6.07, 6.45) is 2.47. The summed E-state index contributed by atoms with van der Waals surface area (Å²) in [4.78, 5) is 20.3. The van der Waals surface area contributed by atoms with Gasteiger partial charge in [-0.25, -0.2) is 18.6 Å². The number of aromatic hydroxyl groups is 1. The first-order valence-electron chi connectivity index (χ1n) is 7.09. The molecule has 2 aromatic rings. The van der Waals surface area contributed by atoms with Gasteiger partial charge in [-0.1, -0.05) is 0 Å². The molecule has 2 heterocycles. The van der Waals surface area contributed by atoms with Crippen LogP contribution in [0.2, 0.25) is 0 Å². The van der Waals surface area contributed by atoms with Crippen molar-refractivity contribution < 1.29 is 18.7 Å². The van der Waals surface area contributed by atoms with Crippen LogP contribution in [0.5, 0.6) is 5.75 Å². The molecule has 1 aromatic carbocycles. The first-order valence-corrected chi connectivity index (χ1v) is 7.91. The molecule has 0 saturated carbocycles. The highest BCUT2D eigenvalue weighted by Crippen LogP contribution is 2.33. The third-order valence-electron chi connectivity index (χ3n) is 3.72. The number of nitrogens with zero attached hydrogens (tertiary/aromatic N) is 3. The highest BCUT2D eigenvalue weighted by atomic mass is 32.1. The fraction of sp³-hybridized carbons (Fsp3) is 0.333. The number of phenols is 1. The molecule has 1 fully saturated rings. The van der Waals surface area contributed by atoms with Crippen molar-refractivity contribution in [2.24, 2.45) is 0 Å². The van der Waals surface area contributed by atoms with Crippen molar-refractivity contribution in [1.82, 2.24) is 14.8 Å². The fourth-order valence-corrected chi connectivity index (χ4v) is 3.42. The number of aromatic nitrogens is 1. The minimum atomic E-state index is -1.03. The van der Waals surface area contributed by atoms with Gasteiger partial charge in [0, 0.05) is 31.2 Å². The van der Waals surface area contributed by atoms with Crippen LogP contribution in [0.4, 0.5) is 13.6 Å². The molecule has 1 aromatic heterocycles. The Morgan fingerprint density at radius 1 is 1.35 bits per heavy atom. The van der Waals surface area contributed by atoms with E-state index in [4.69, 9.17) is 0 Å². The largest absolute Gasteiger partial charge is 0.503 e. The second-order valence-electron chi connectivity index (χ2n) is 5.37. The summed E-state index contributed by atoms with van der Waals surface area (Å²) in [5.41, 5.74) is 0.0437. The van der Waals surface area contributed by atoms with Crippen LogP contribution in [0.1, 0.15) is 11.3 Å². The number of amides is 2. The van der Waals surface area contributed by atoms with Crippen molar-refractivity contribution in [3.8, 4) is 16.3 Å². The quantitative estimate of drug-likeness (QED) is 0.935. The molecule has 0 unspecified atom stereocenters. The van der Waals surface area contributed by atoms with Crippen LogP contribution >= 0.6 is 11.3 Å². The van der Waals surface area contributed by atoms with Crippen molar-refractivity contribution in [2.45, 2.75) is 13.0 Å². The number of rotatable bonds is 3. The molecule has 5 nitrogen and oxygen atoms in total. The first kappa shape index (κ1) is 15.7. The lowest BCUT2D eigenvalue weighted by Gasteiger charge is -2.32. The molecular weight excluding hydrogens is 324 g/mol. The molecule has 0 atom stereocenters. The van der Waals surface area contributed by atoms with Crippen molar-refractivity contribution in [1.29, 1.82) is 0 Å². The van der Waals surface area contributed by atoms with E-state index in [1.54, 1.807) is 23.0 Å². The number of hydrogen-bond donors (Lipinski definition) is 1. The lowest BCUT2D eigenvalue weighted by molar-refractivity contribution is 0.138. The second kappa shape index (κ2) is 6.11. The normalized spacial score (nSPS) is 15.3. The van der Waals surface area contributed by atoms with Crippen molar-refractivity contribution in [2.75, 3.05) is 20.1 Å². The Morgan fingerprint density at radius 2 is 2.13 bits per heavy atom. The first-order chi connectivity index (χ1) is 11.0. The highest BCUT2D eigenvalue weighted by molar-refractivity contribution is 7.15. The molecule has 23 heavy (non-hydrogen) atoms. The number of carbonyl (C=O) groups excluding carboxylic acids is 1. The molecule has 1 saturated heterocycles. The van der Waals surface area contributed by atoms with E-state index in [-0.39, 0.29) is 11.6 Å². The van der Waals surface area contributed by atoms with Gasteiger partial charge in [-0.3, -0.25) is 0 Å². The van der Waals surface area contributed by atoms with E-state index in [0.717, 1.165) is 23.9 Å². The van der Waals surface area contributed by atoms with E-state index in [9.17, 15) is 18.7 Å². The Morgan fingerprint density at radius 3 is 2.91 bits per heavy atom. The number of carbonyl (C=O) groups is 1. The molecule has 2 amide bonds. The number of thiazole rings is 1. The number of benzene rings is 1. The van der Waals surface area contributed by atoms with Gasteiger partial charge in [0.25, 0.3) is 0 Å². The van der Waals surface area contributed by atoms with Gasteiger partial charge in [0.15, 0.2) is 17.4 Å². The maximum absolute atomic E-state index is 13.9. The number of halogens is 2. The average molecular weight is 339 g/mol. The lowest BCUT2D eigenvalue weighted by atomic mass is 10.2. The molecule has 0 spiro atoms. The predicted molar refractivity (Wildman–Crippen MR) is 82.2 cm³/mol. The average Bonchev–Trinajstić information content (AvgIpc) is 2.98. The molecule has 0 bridgehead atoms. The summed E-state index contributed by atoms with van der Waals surface area (Å²) in [7, 11) is 1.75. The Hall–Kier alpha value is -2.22. The van der Waals surface area contributed by atoms with E-state index in [1.165, 1.54) is 17.4 Å². The third-order valence-corrected chi connectivity index (χ3v) is 4.73. The predicted octanol–water partition coefficient (Wildman–Crippen LogP) is 3.05. The van der Waals surface area contributed by atoms with Crippen molar-refractivity contribution >= 4 is 17.4 Å². The molecule has 8 heteroatoms. The van der Waals surface area contributed by atoms with Crippen molar-refractivity contribution in [3.63, 3.8) is 0 Å². The van der Waals surface area contributed by atoms with Crippen LogP contribution in [0.25, 0.3) is 10.6 Å². The zero-order valence-corrected chi connectivity index (χ0v) is 13.2. The van der Waals surface area contributed by atoms with E-state index in [1.807, 2.05) is 0 Å². The maximum atomic E-state index is 13.9. The molecular formula is C15H15F2N3O2S. The standard InChI is InChI=1S/C15H15F2N3O2S/c1-19-5-2-6-20(15(19)22)8-9-7-18-14(23-9)10-3-4-11(16)13(21)12(10)17/h3-4,7,21H,2,5-6,8H2,1H3. The van der Waals surface area contributed by atoms with Gasteiger partial charge in [0.2, 0.25) is 0 Å². The Labute approximate surface area is 135 Å². The van der Waals surface area contributed by atoms with Gasteiger partial charge < -0.3 is 14.9 Å². The monoisotopic (exact) mass is 339 g/mol. The highest BCUT2D eigenvalue weighted by Gasteiger charge is 2.24. The minimum absolute atomic E-state index is 0.0437. The molecule has 1 N–H and O–H groups in total. The van der Waals surface area contributed by atoms with E-state index in [0.29, 0.717) is 18.1 Å². The van der Waals surface area contributed by atoms with Crippen LogP contribution in [-0.4, -0.2) is 46.1 Å². The minimum Gasteiger partial charge on any atom is -0.503 e. The van der Waals surface area contributed by atoms with Gasteiger partial charge in [-0.2, -0.15) is 0 Å². The smallest absolute Gasteiger partial charge is 0.320 e. The molecule has 0 aliphatic carbocycles. The number of phenolic OH excluding ortho intramolecular Hbond substituents is 1. The fourth-order valence-electron chi connectivity index (χ4n) is 2.48. The maximum Gasteiger partial charge on any atom is 0.320 e. The molecule has 3 rings (SSSR count). The summed E-state index contributed by atoms with van der Waals surface area (Å²) in [5, 5.41) is 9.69. The topological polar surface area (TPSA) is 56.7 Å². The lowest BCUT2D eigenvalue weighted by Crippen LogP contribution is -2.46. The SMILES string of the molecule is CN1CCCN(Cc2cnc(-c3ccc(F)c(O)c3F)s2)C1=O. The third kappa shape index (κ3) is 2.98. The van der Waals surface area contributed by atoms with Crippen LogP contribution in [0, 0.1) is 11.6 Å². The van der Waals surface area contributed by atoms with E-state index in [2.05, 4.69) is 4.98 Å². The molecule has 1 aliphatic heterocycles. The Balaban J connectivity index is 1.81. The van der Waals surface area contributed by atoms with Crippen molar-refractivity contribution in [3.05, 3.63) is 34.8 Å². The molecule has 0 radical (unpaired) electrons. The van der Waals surface area contributed by atoms with Gasteiger partial charge in [-0.15, -0.1) is 11.3 Å². The van der Waals surface area contributed by atoms with Crippen LogP contribution in [-0.2, 0) is 6.54 Å². The summed E-state index contributed by atoms with van der Waals surface area (Å²) >= 11 is 1.21. The zero-order valence-electron chi connectivity index (χ0n) is 12.4. The summed E-state index contributed by atoms with van der Waals surface area (Å²) in [6, 6.07) is 2.20. The summed E-state index contributed by atoms with van der Waals surface area (Å²) in [5.74, 6) is -3.04. The van der Waals surface area contributed by atoms with Gasteiger partial charge in [0.1, 0.15) is 5.01 Å². The summed E-state index contributed by atoms with van der Waals surface area (Å²) in [6.45, 7) is 1.81. The molecule has 122 valence electrons. The summed E-state index contributed by atoms with van der Waals surface area (Å²) < 4.78 is 27.0. The Kier molecular flexibility index (Phi) is 4.16. The van der Waals surface area contributed by atoms with Crippen LogP contribution in [0.3, 0.4) is 0 Å². The zero-order chi connectivity index (χ0) is 16.6. The van der Waals surface area contributed by atoms with Crippen LogP contribution in [0.15, 0.2) is 18.3 Å².